The Kier molecular flexibility index (Phi) is 16.4. The Bertz CT molecular complexity index is 503. The molecule has 0 aromatic rings. The molecule has 1 aliphatic rings. The van der Waals surface area contributed by atoms with Crippen LogP contribution in [0.5, 0.6) is 0 Å². The van der Waals surface area contributed by atoms with Crippen LogP contribution in [0.4, 0.5) is 0 Å². The van der Waals surface area contributed by atoms with Crippen LogP contribution in [0.25, 0.3) is 0 Å². The predicted molar refractivity (Wildman–Crippen MR) is 134 cm³/mol. The summed E-state index contributed by atoms with van der Waals surface area (Å²) in [5.41, 5.74) is 0. The Morgan fingerprint density at radius 3 is 2.06 bits per heavy atom. The summed E-state index contributed by atoms with van der Waals surface area (Å²) in [4.78, 5) is 11.2. The molecule has 0 bridgehead atoms. The summed E-state index contributed by atoms with van der Waals surface area (Å²) in [6.45, 7) is 8.91. The van der Waals surface area contributed by atoms with Crippen LogP contribution in [0.3, 0.4) is 0 Å². The van der Waals surface area contributed by atoms with Crippen molar-refractivity contribution < 1.29 is 9.28 Å². The van der Waals surface area contributed by atoms with Crippen LogP contribution >= 0.6 is 0 Å². The largest absolute Gasteiger partial charge is 0.351 e. The molecular formula is C27H52N3O+. The number of amides is 1. The molecule has 2 unspecified atom stereocenters. The van der Waals surface area contributed by atoms with Gasteiger partial charge in [0.15, 0.2) is 6.17 Å². The van der Waals surface area contributed by atoms with Crippen LogP contribution in [-0.2, 0) is 4.79 Å². The lowest BCUT2D eigenvalue weighted by Crippen LogP contribution is -2.55. The van der Waals surface area contributed by atoms with Crippen LogP contribution in [0.1, 0.15) is 117 Å². The average molecular weight is 435 g/mol. The summed E-state index contributed by atoms with van der Waals surface area (Å²) in [7, 11) is 0. The normalized spacial score (nSPS) is 20.4. The van der Waals surface area contributed by atoms with Gasteiger partial charge in [-0.1, -0.05) is 76.9 Å². The predicted octanol–water partition coefficient (Wildman–Crippen LogP) is 6.79. The first-order valence-corrected chi connectivity index (χ1v) is 13.3. The first kappa shape index (κ1) is 27.7. The standard InChI is InChI=1S/C27H51N3O/c1-4-6-7-8-9-10-11-12-13-14-15-16-17-18-19-20-21-27-29-23-25-30(27,5-2)24-22-28-26(3)31/h13-14,23,25,27,29H,4-12,15-22,24H2,1-3H3/p+1/b14-13+. The molecule has 2 N–H and O–H groups in total. The summed E-state index contributed by atoms with van der Waals surface area (Å²) in [5.74, 6) is 0.0644. The van der Waals surface area contributed by atoms with Gasteiger partial charge in [-0.05, 0) is 39.0 Å². The lowest BCUT2D eigenvalue weighted by molar-refractivity contribution is -0.898. The minimum Gasteiger partial charge on any atom is -0.351 e. The van der Waals surface area contributed by atoms with E-state index in [1.54, 1.807) is 6.92 Å². The highest BCUT2D eigenvalue weighted by atomic mass is 16.1. The van der Waals surface area contributed by atoms with E-state index in [2.05, 4.69) is 49.0 Å². The van der Waals surface area contributed by atoms with Crippen LogP contribution in [0, 0.1) is 0 Å². The number of rotatable bonds is 20. The Labute approximate surface area is 193 Å². The number of nitrogens with one attached hydrogen (secondary N) is 2. The lowest BCUT2D eigenvalue weighted by atomic mass is 10.1. The van der Waals surface area contributed by atoms with Gasteiger partial charge in [-0.3, -0.25) is 9.28 Å². The van der Waals surface area contributed by atoms with Crippen LogP contribution in [0.15, 0.2) is 24.6 Å². The summed E-state index contributed by atoms with van der Waals surface area (Å²) >= 11 is 0. The smallest absolute Gasteiger partial charge is 0.217 e. The van der Waals surface area contributed by atoms with Gasteiger partial charge in [-0.15, -0.1) is 0 Å². The molecule has 0 saturated heterocycles. The molecule has 2 atom stereocenters. The van der Waals surface area contributed by atoms with Gasteiger partial charge in [0.25, 0.3) is 0 Å². The molecule has 180 valence electrons. The maximum absolute atomic E-state index is 11.2. The van der Waals surface area contributed by atoms with Crippen molar-refractivity contribution >= 4 is 5.91 Å². The number of hydrogen-bond donors (Lipinski definition) is 2. The molecule has 0 aliphatic carbocycles. The SMILES string of the molecule is CCCCCCCCC/C=C/CCCCCCCC1NC=C[N+]1(CC)CCNC(C)=O. The van der Waals surface area contributed by atoms with Gasteiger partial charge in [-0.25, -0.2) is 0 Å². The van der Waals surface area contributed by atoms with E-state index in [4.69, 9.17) is 0 Å². The maximum Gasteiger partial charge on any atom is 0.217 e. The fourth-order valence-corrected chi connectivity index (χ4v) is 4.63. The molecular weight excluding hydrogens is 382 g/mol. The third-order valence-corrected chi connectivity index (χ3v) is 6.76. The summed E-state index contributed by atoms with van der Waals surface area (Å²) in [6.07, 6.45) is 29.9. The molecule has 0 radical (unpaired) electrons. The molecule has 0 aromatic heterocycles. The zero-order chi connectivity index (χ0) is 22.6. The second-order valence-electron chi connectivity index (χ2n) is 9.35. The van der Waals surface area contributed by atoms with Crippen molar-refractivity contribution in [3.63, 3.8) is 0 Å². The second-order valence-corrected chi connectivity index (χ2v) is 9.35. The number of carbonyl (C=O) groups excluding carboxylic acids is 1. The van der Waals surface area contributed by atoms with Crippen LogP contribution in [-0.4, -0.2) is 36.2 Å². The fourth-order valence-electron chi connectivity index (χ4n) is 4.63. The van der Waals surface area contributed by atoms with Gasteiger partial charge in [0.1, 0.15) is 12.7 Å². The fraction of sp³-hybridized carbons (Fsp3) is 0.815. The lowest BCUT2D eigenvalue weighted by Gasteiger charge is -2.37. The van der Waals surface area contributed by atoms with E-state index in [1.165, 1.54) is 96.3 Å². The number of allylic oxidation sites excluding steroid dienone is 2. The summed E-state index contributed by atoms with van der Waals surface area (Å²) in [5, 5.41) is 6.51. The van der Waals surface area contributed by atoms with Gasteiger partial charge in [0, 0.05) is 13.3 Å². The Morgan fingerprint density at radius 2 is 1.48 bits per heavy atom. The van der Waals surface area contributed by atoms with Crippen molar-refractivity contribution in [2.24, 2.45) is 0 Å². The topological polar surface area (TPSA) is 41.1 Å². The van der Waals surface area contributed by atoms with E-state index in [0.29, 0.717) is 6.17 Å². The minimum atomic E-state index is 0.0644. The van der Waals surface area contributed by atoms with Gasteiger partial charge < -0.3 is 10.6 Å². The molecule has 0 spiro atoms. The van der Waals surface area contributed by atoms with Gasteiger partial charge in [0.2, 0.25) is 5.91 Å². The van der Waals surface area contributed by atoms with Gasteiger partial charge in [0.05, 0.1) is 19.3 Å². The van der Waals surface area contributed by atoms with E-state index in [1.807, 2.05) is 0 Å². The molecule has 0 aromatic carbocycles. The van der Waals surface area contributed by atoms with Crippen LogP contribution in [0.2, 0.25) is 0 Å². The molecule has 1 rings (SSSR count). The maximum atomic E-state index is 11.2. The van der Waals surface area contributed by atoms with Crippen molar-refractivity contribution in [3.05, 3.63) is 24.6 Å². The highest BCUT2D eigenvalue weighted by molar-refractivity contribution is 5.72. The molecule has 0 fully saturated rings. The number of nitrogens with zero attached hydrogens (tertiary/aromatic N) is 1. The zero-order valence-corrected chi connectivity index (χ0v) is 21.0. The minimum absolute atomic E-state index is 0.0644. The van der Waals surface area contributed by atoms with E-state index in [-0.39, 0.29) is 5.91 Å². The third-order valence-electron chi connectivity index (χ3n) is 6.76. The van der Waals surface area contributed by atoms with Crippen molar-refractivity contribution in [3.8, 4) is 0 Å². The molecule has 4 heteroatoms. The molecule has 4 nitrogen and oxygen atoms in total. The zero-order valence-electron chi connectivity index (χ0n) is 21.0. The van der Waals surface area contributed by atoms with Gasteiger partial charge >= 0.3 is 0 Å². The van der Waals surface area contributed by atoms with Crippen LogP contribution < -0.4 is 10.6 Å². The number of quaternary nitrogens is 1. The highest BCUT2D eigenvalue weighted by Crippen LogP contribution is 2.22. The molecule has 31 heavy (non-hydrogen) atoms. The molecule has 0 saturated carbocycles. The van der Waals surface area contributed by atoms with Crippen molar-refractivity contribution in [2.75, 3.05) is 19.6 Å². The second kappa shape index (κ2) is 18.3. The molecule has 1 aliphatic heterocycles. The number of hydrogen-bond acceptors (Lipinski definition) is 2. The quantitative estimate of drug-likeness (QED) is 0.126. The molecule has 1 amide bonds. The van der Waals surface area contributed by atoms with Crippen molar-refractivity contribution in [1.82, 2.24) is 10.6 Å². The number of unbranched alkanes of at least 4 members (excludes halogenated alkanes) is 12. The van der Waals surface area contributed by atoms with E-state index in [9.17, 15) is 4.79 Å². The first-order valence-electron chi connectivity index (χ1n) is 13.3. The van der Waals surface area contributed by atoms with E-state index < -0.39 is 0 Å². The first-order chi connectivity index (χ1) is 15.1. The molecule has 1 heterocycles. The van der Waals surface area contributed by atoms with E-state index in [0.717, 1.165) is 24.1 Å². The van der Waals surface area contributed by atoms with Crippen molar-refractivity contribution in [1.29, 1.82) is 0 Å². The Hall–Kier alpha value is -1.29. The van der Waals surface area contributed by atoms with Gasteiger partial charge in [-0.2, -0.15) is 0 Å². The van der Waals surface area contributed by atoms with E-state index >= 15 is 0 Å². The van der Waals surface area contributed by atoms with Crippen molar-refractivity contribution in [2.45, 2.75) is 123 Å². The summed E-state index contributed by atoms with van der Waals surface area (Å²) in [6, 6.07) is 0. The Morgan fingerprint density at radius 1 is 0.903 bits per heavy atom. The average Bonchev–Trinajstić information content (AvgIpc) is 3.16. The Balaban J connectivity index is 1.99. The monoisotopic (exact) mass is 434 g/mol. The third kappa shape index (κ3) is 13.0. The highest BCUT2D eigenvalue weighted by Gasteiger charge is 2.36. The number of likely N-dealkylation sites (N-methyl/N-ethyl adjacent to an activating group) is 1. The number of carbonyl (C=O) groups is 1. The summed E-state index contributed by atoms with van der Waals surface area (Å²) < 4.78 is 0.948.